The molecule has 4 aromatic carbocycles. The van der Waals surface area contributed by atoms with Gasteiger partial charge in [-0.1, -0.05) is 79.7 Å². The Balaban J connectivity index is 1.67. The molecular formula is C35H39N3O5S. The number of nitrogens with one attached hydrogen (secondary N) is 1. The molecule has 0 aliphatic rings. The number of hydrogen-bond acceptors (Lipinski definition) is 5. The number of amides is 2. The molecule has 0 spiro atoms. The van der Waals surface area contributed by atoms with E-state index >= 15 is 0 Å². The van der Waals surface area contributed by atoms with Crippen molar-refractivity contribution in [3.8, 4) is 11.5 Å². The third-order valence-corrected chi connectivity index (χ3v) is 8.35. The van der Waals surface area contributed by atoms with Crippen molar-refractivity contribution in [1.29, 1.82) is 0 Å². The monoisotopic (exact) mass is 613 g/mol. The van der Waals surface area contributed by atoms with Crippen LogP contribution in [0.4, 0.5) is 5.69 Å². The van der Waals surface area contributed by atoms with Crippen molar-refractivity contribution in [1.82, 2.24) is 10.2 Å². The van der Waals surface area contributed by atoms with E-state index in [2.05, 4.69) is 5.32 Å². The van der Waals surface area contributed by atoms with Crippen LogP contribution >= 0.6 is 0 Å². The number of rotatable bonds is 14. The standard InChI is InChI=1S/C35H39N3O5S/c1-4-23-36-35(40)33(24-28-14-7-5-8-15-28)37(25-29-16-12-11-13-27(29)2)34(39)26-38(44(3,41)42)30-19-21-32(22-20-30)43-31-17-9-6-10-18-31/h5-22,33H,4,23-26H2,1-3H3,(H,36,40). The quantitative estimate of drug-likeness (QED) is 0.196. The van der Waals surface area contributed by atoms with Gasteiger partial charge in [0.05, 0.1) is 11.9 Å². The van der Waals surface area contributed by atoms with Crippen LogP contribution in [0.5, 0.6) is 11.5 Å². The van der Waals surface area contributed by atoms with Gasteiger partial charge >= 0.3 is 0 Å². The van der Waals surface area contributed by atoms with E-state index in [1.165, 1.54) is 4.90 Å². The topological polar surface area (TPSA) is 96.0 Å². The normalized spacial score (nSPS) is 11.8. The molecule has 0 bridgehead atoms. The number of anilines is 1. The Morgan fingerprint density at radius 3 is 2.02 bits per heavy atom. The molecule has 9 heteroatoms. The van der Waals surface area contributed by atoms with Gasteiger partial charge in [-0.15, -0.1) is 0 Å². The molecule has 0 aromatic heterocycles. The lowest BCUT2D eigenvalue weighted by molar-refractivity contribution is -0.140. The highest BCUT2D eigenvalue weighted by Crippen LogP contribution is 2.26. The Kier molecular flexibility index (Phi) is 11.2. The average Bonchev–Trinajstić information content (AvgIpc) is 3.02. The molecule has 8 nitrogen and oxygen atoms in total. The molecule has 0 aliphatic carbocycles. The molecule has 230 valence electrons. The fourth-order valence-electron chi connectivity index (χ4n) is 4.81. The lowest BCUT2D eigenvalue weighted by Gasteiger charge is -2.34. The minimum atomic E-state index is -3.87. The molecule has 0 fully saturated rings. The Bertz CT molecular complexity index is 1630. The summed E-state index contributed by atoms with van der Waals surface area (Å²) in [7, 11) is -3.87. The Labute approximate surface area is 260 Å². The molecule has 1 atom stereocenters. The van der Waals surface area contributed by atoms with Crippen molar-refractivity contribution in [3.05, 3.63) is 126 Å². The highest BCUT2D eigenvalue weighted by molar-refractivity contribution is 7.92. The first-order valence-corrected chi connectivity index (χ1v) is 16.5. The van der Waals surface area contributed by atoms with E-state index in [0.29, 0.717) is 23.7 Å². The van der Waals surface area contributed by atoms with E-state index in [0.717, 1.165) is 33.7 Å². The number of hydrogen-bond donors (Lipinski definition) is 1. The van der Waals surface area contributed by atoms with Crippen LogP contribution in [0, 0.1) is 6.92 Å². The van der Waals surface area contributed by atoms with Crippen LogP contribution in [0.25, 0.3) is 0 Å². The van der Waals surface area contributed by atoms with Gasteiger partial charge in [-0.2, -0.15) is 0 Å². The first-order valence-electron chi connectivity index (χ1n) is 14.6. The number of ether oxygens (including phenoxy) is 1. The second-order valence-corrected chi connectivity index (χ2v) is 12.5. The molecule has 0 heterocycles. The van der Waals surface area contributed by atoms with E-state index in [9.17, 15) is 18.0 Å². The minimum absolute atomic E-state index is 0.143. The van der Waals surface area contributed by atoms with E-state index < -0.39 is 28.5 Å². The highest BCUT2D eigenvalue weighted by Gasteiger charge is 2.33. The van der Waals surface area contributed by atoms with Gasteiger partial charge < -0.3 is 15.0 Å². The van der Waals surface area contributed by atoms with Gasteiger partial charge in [-0.3, -0.25) is 13.9 Å². The Hall–Kier alpha value is -4.63. The molecule has 1 unspecified atom stereocenters. The SMILES string of the molecule is CCCNC(=O)C(Cc1ccccc1)N(Cc1ccccc1C)C(=O)CN(c1ccc(Oc2ccccc2)cc1)S(C)(=O)=O. The highest BCUT2D eigenvalue weighted by atomic mass is 32.2. The predicted molar refractivity (Wildman–Crippen MR) is 174 cm³/mol. The maximum Gasteiger partial charge on any atom is 0.244 e. The van der Waals surface area contributed by atoms with Crippen LogP contribution in [0.1, 0.15) is 30.0 Å². The molecule has 4 aromatic rings. The second-order valence-electron chi connectivity index (χ2n) is 10.6. The van der Waals surface area contributed by atoms with Crippen molar-refractivity contribution in [2.24, 2.45) is 0 Å². The maximum absolute atomic E-state index is 14.2. The van der Waals surface area contributed by atoms with Crippen molar-refractivity contribution in [2.45, 2.75) is 39.3 Å². The second kappa shape index (κ2) is 15.2. The maximum atomic E-state index is 14.2. The number of para-hydroxylation sites is 1. The summed E-state index contributed by atoms with van der Waals surface area (Å²) in [5.74, 6) is 0.395. The molecule has 0 saturated carbocycles. The summed E-state index contributed by atoms with van der Waals surface area (Å²) in [6.07, 6.45) is 2.08. The molecule has 0 saturated heterocycles. The number of sulfonamides is 1. The van der Waals surface area contributed by atoms with Crippen molar-refractivity contribution in [2.75, 3.05) is 23.7 Å². The minimum Gasteiger partial charge on any atom is -0.457 e. The zero-order chi connectivity index (χ0) is 31.5. The first kappa shape index (κ1) is 32.3. The Morgan fingerprint density at radius 1 is 0.818 bits per heavy atom. The van der Waals surface area contributed by atoms with Gasteiger partial charge in [-0.05, 0) is 66.4 Å². The van der Waals surface area contributed by atoms with Gasteiger partial charge in [0.2, 0.25) is 21.8 Å². The molecule has 0 radical (unpaired) electrons. The summed E-state index contributed by atoms with van der Waals surface area (Å²) in [6.45, 7) is 4.04. The molecule has 4 rings (SSSR count). The molecule has 2 amide bonds. The van der Waals surface area contributed by atoms with Crippen molar-refractivity contribution < 1.29 is 22.7 Å². The molecular weight excluding hydrogens is 574 g/mol. The van der Waals surface area contributed by atoms with E-state index in [-0.39, 0.29) is 18.9 Å². The van der Waals surface area contributed by atoms with E-state index in [4.69, 9.17) is 4.74 Å². The number of nitrogens with zero attached hydrogens (tertiary/aromatic N) is 2. The van der Waals surface area contributed by atoms with Crippen LogP contribution in [0.3, 0.4) is 0 Å². The number of carbonyl (C=O) groups excluding carboxylic acids is 2. The van der Waals surface area contributed by atoms with Crippen LogP contribution in [-0.2, 0) is 32.6 Å². The van der Waals surface area contributed by atoms with Crippen LogP contribution in [-0.4, -0.2) is 50.5 Å². The van der Waals surface area contributed by atoms with Crippen LogP contribution < -0.4 is 14.4 Å². The van der Waals surface area contributed by atoms with Gasteiger partial charge in [-0.25, -0.2) is 8.42 Å². The predicted octanol–water partition coefficient (Wildman–Crippen LogP) is 5.72. The molecule has 0 aliphatic heterocycles. The van der Waals surface area contributed by atoms with Gasteiger partial charge in [0.15, 0.2) is 0 Å². The third kappa shape index (κ3) is 8.94. The summed E-state index contributed by atoms with van der Waals surface area (Å²) in [4.78, 5) is 29.3. The summed E-state index contributed by atoms with van der Waals surface area (Å²) >= 11 is 0. The number of aryl methyl sites for hydroxylation is 1. The summed E-state index contributed by atoms with van der Waals surface area (Å²) < 4.78 is 33.0. The number of carbonyl (C=O) groups is 2. The summed E-state index contributed by atoms with van der Waals surface area (Å²) in [5, 5.41) is 2.95. The Morgan fingerprint density at radius 2 is 1.41 bits per heavy atom. The fraction of sp³-hybridized carbons (Fsp3) is 0.257. The smallest absolute Gasteiger partial charge is 0.244 e. The van der Waals surface area contributed by atoms with Crippen molar-refractivity contribution >= 4 is 27.5 Å². The number of benzene rings is 4. The average molecular weight is 614 g/mol. The third-order valence-electron chi connectivity index (χ3n) is 7.21. The van der Waals surface area contributed by atoms with Gasteiger partial charge in [0.25, 0.3) is 0 Å². The first-order chi connectivity index (χ1) is 21.2. The lowest BCUT2D eigenvalue weighted by atomic mass is 10.0. The summed E-state index contributed by atoms with van der Waals surface area (Å²) in [5.41, 5.74) is 3.04. The molecule has 1 N–H and O–H groups in total. The molecule has 44 heavy (non-hydrogen) atoms. The van der Waals surface area contributed by atoms with Crippen molar-refractivity contribution in [3.63, 3.8) is 0 Å². The lowest BCUT2D eigenvalue weighted by Crippen LogP contribution is -2.53. The van der Waals surface area contributed by atoms with Gasteiger partial charge in [0.1, 0.15) is 24.1 Å². The fourth-order valence-corrected chi connectivity index (χ4v) is 5.66. The zero-order valence-corrected chi connectivity index (χ0v) is 26.2. The summed E-state index contributed by atoms with van der Waals surface area (Å²) in [6, 6.07) is 32.1. The van der Waals surface area contributed by atoms with Crippen LogP contribution in [0.15, 0.2) is 109 Å². The van der Waals surface area contributed by atoms with E-state index in [1.54, 1.807) is 24.3 Å². The van der Waals surface area contributed by atoms with E-state index in [1.807, 2.05) is 98.8 Å². The van der Waals surface area contributed by atoms with Crippen LogP contribution in [0.2, 0.25) is 0 Å². The zero-order valence-electron chi connectivity index (χ0n) is 25.3. The van der Waals surface area contributed by atoms with Gasteiger partial charge in [0, 0.05) is 19.5 Å². The largest absolute Gasteiger partial charge is 0.457 e.